The fraction of sp³-hybridized carbons (Fsp3) is 0.500. The number of likely N-dealkylation sites (N-methyl/N-ethyl adjacent to an activating group) is 1. The van der Waals surface area contributed by atoms with Crippen molar-refractivity contribution in [1.82, 2.24) is 9.62 Å². The summed E-state index contributed by atoms with van der Waals surface area (Å²) in [6.45, 7) is 6.87. The molecule has 0 aliphatic rings. The molecule has 3 N–H and O–H groups in total. The van der Waals surface area contributed by atoms with Gasteiger partial charge in [0.15, 0.2) is 0 Å². The summed E-state index contributed by atoms with van der Waals surface area (Å²) in [7, 11) is -1.60. The van der Waals surface area contributed by atoms with Gasteiger partial charge in [-0.05, 0) is 39.4 Å². The standard InChI is InChI=1S/C14H23N3O2S2/c1-10(2)17(4)8-7-16-21(18,19)13-9-12(14(15)20)6-5-11(13)3/h5-6,9-10,16H,7-8H2,1-4H3,(H2,15,20). The van der Waals surface area contributed by atoms with Crippen LogP contribution in [0.25, 0.3) is 0 Å². The van der Waals surface area contributed by atoms with Gasteiger partial charge in [0.25, 0.3) is 0 Å². The molecule has 0 saturated heterocycles. The molecule has 0 radical (unpaired) electrons. The molecular weight excluding hydrogens is 306 g/mol. The Hall–Kier alpha value is -1.02. The number of sulfonamides is 1. The van der Waals surface area contributed by atoms with E-state index in [9.17, 15) is 8.42 Å². The van der Waals surface area contributed by atoms with Crippen LogP contribution in [0.4, 0.5) is 0 Å². The van der Waals surface area contributed by atoms with E-state index >= 15 is 0 Å². The summed E-state index contributed by atoms with van der Waals surface area (Å²) in [6.07, 6.45) is 0. The molecule has 21 heavy (non-hydrogen) atoms. The predicted octanol–water partition coefficient (Wildman–Crippen LogP) is 1.25. The fourth-order valence-electron chi connectivity index (χ4n) is 1.74. The van der Waals surface area contributed by atoms with E-state index in [4.69, 9.17) is 18.0 Å². The minimum Gasteiger partial charge on any atom is -0.389 e. The van der Waals surface area contributed by atoms with Crippen LogP contribution >= 0.6 is 12.2 Å². The Bertz CT molecular complexity index is 613. The van der Waals surface area contributed by atoms with Gasteiger partial charge in [0.1, 0.15) is 4.99 Å². The predicted molar refractivity (Wildman–Crippen MR) is 90.0 cm³/mol. The first-order valence-electron chi connectivity index (χ1n) is 6.75. The maximum absolute atomic E-state index is 12.4. The SMILES string of the molecule is Cc1ccc(C(N)=S)cc1S(=O)(=O)NCCN(C)C(C)C. The van der Waals surface area contributed by atoms with Gasteiger partial charge in [0.2, 0.25) is 10.0 Å². The van der Waals surface area contributed by atoms with E-state index < -0.39 is 10.0 Å². The van der Waals surface area contributed by atoms with Gasteiger partial charge >= 0.3 is 0 Å². The molecule has 0 amide bonds. The maximum Gasteiger partial charge on any atom is 0.240 e. The van der Waals surface area contributed by atoms with Gasteiger partial charge in [-0.15, -0.1) is 0 Å². The van der Waals surface area contributed by atoms with Crippen LogP contribution in [0.5, 0.6) is 0 Å². The minimum absolute atomic E-state index is 0.186. The van der Waals surface area contributed by atoms with Gasteiger partial charge in [-0.3, -0.25) is 0 Å². The highest BCUT2D eigenvalue weighted by Gasteiger charge is 2.17. The fourth-order valence-corrected chi connectivity index (χ4v) is 3.15. The summed E-state index contributed by atoms with van der Waals surface area (Å²) in [4.78, 5) is 2.48. The molecule has 0 bridgehead atoms. The summed E-state index contributed by atoms with van der Waals surface area (Å²) < 4.78 is 27.3. The van der Waals surface area contributed by atoms with Crippen LogP contribution in [0.2, 0.25) is 0 Å². The monoisotopic (exact) mass is 329 g/mol. The molecule has 0 aliphatic carbocycles. The van der Waals surface area contributed by atoms with Crippen molar-refractivity contribution in [3.05, 3.63) is 29.3 Å². The average molecular weight is 329 g/mol. The van der Waals surface area contributed by atoms with Crippen LogP contribution in [0, 0.1) is 6.92 Å². The van der Waals surface area contributed by atoms with Gasteiger partial charge in [-0.25, -0.2) is 13.1 Å². The van der Waals surface area contributed by atoms with Crippen molar-refractivity contribution in [2.24, 2.45) is 5.73 Å². The summed E-state index contributed by atoms with van der Waals surface area (Å²) in [5.41, 5.74) is 6.78. The van der Waals surface area contributed by atoms with E-state index in [1.165, 1.54) is 6.07 Å². The Morgan fingerprint density at radius 3 is 2.57 bits per heavy atom. The molecule has 118 valence electrons. The lowest BCUT2D eigenvalue weighted by Gasteiger charge is -2.21. The number of hydrogen-bond donors (Lipinski definition) is 2. The second-order valence-electron chi connectivity index (χ2n) is 5.32. The van der Waals surface area contributed by atoms with Gasteiger partial charge in [-0.1, -0.05) is 24.4 Å². The zero-order valence-electron chi connectivity index (χ0n) is 12.9. The first-order chi connectivity index (χ1) is 9.65. The summed E-state index contributed by atoms with van der Waals surface area (Å²) in [6, 6.07) is 5.33. The Kier molecular flexibility index (Phi) is 6.27. The number of benzene rings is 1. The normalized spacial score (nSPS) is 12.1. The van der Waals surface area contributed by atoms with E-state index in [0.29, 0.717) is 30.3 Å². The third-order valence-electron chi connectivity index (χ3n) is 3.40. The van der Waals surface area contributed by atoms with Crippen molar-refractivity contribution in [3.63, 3.8) is 0 Å². The highest BCUT2D eigenvalue weighted by Crippen LogP contribution is 2.17. The molecule has 1 rings (SSSR count). The van der Waals surface area contributed by atoms with Gasteiger partial charge in [0, 0.05) is 24.7 Å². The Balaban J connectivity index is 2.88. The Morgan fingerprint density at radius 2 is 2.05 bits per heavy atom. The Morgan fingerprint density at radius 1 is 1.43 bits per heavy atom. The molecule has 1 aromatic rings. The topological polar surface area (TPSA) is 75.4 Å². The number of nitrogens with one attached hydrogen (secondary N) is 1. The molecule has 0 aliphatic heterocycles. The van der Waals surface area contributed by atoms with Crippen molar-refractivity contribution < 1.29 is 8.42 Å². The number of aryl methyl sites for hydroxylation is 1. The summed E-state index contributed by atoms with van der Waals surface area (Å²) in [5.74, 6) is 0. The Labute approximate surface area is 132 Å². The summed E-state index contributed by atoms with van der Waals surface area (Å²) >= 11 is 4.89. The quantitative estimate of drug-likeness (QED) is 0.736. The molecule has 0 spiro atoms. The van der Waals surface area contributed by atoms with Gasteiger partial charge in [0.05, 0.1) is 4.90 Å². The lowest BCUT2D eigenvalue weighted by molar-refractivity contribution is 0.278. The second kappa shape index (κ2) is 7.31. The zero-order chi connectivity index (χ0) is 16.2. The highest BCUT2D eigenvalue weighted by atomic mass is 32.2. The molecule has 1 aromatic carbocycles. The van der Waals surface area contributed by atoms with E-state index in [1.807, 2.05) is 7.05 Å². The number of hydrogen-bond acceptors (Lipinski definition) is 4. The lowest BCUT2D eigenvalue weighted by Crippen LogP contribution is -2.36. The molecule has 0 heterocycles. The van der Waals surface area contributed by atoms with Crippen molar-refractivity contribution in [2.75, 3.05) is 20.1 Å². The van der Waals surface area contributed by atoms with Crippen LogP contribution in [-0.4, -0.2) is 44.5 Å². The van der Waals surface area contributed by atoms with Crippen LogP contribution < -0.4 is 10.5 Å². The van der Waals surface area contributed by atoms with Crippen LogP contribution in [-0.2, 0) is 10.0 Å². The number of nitrogens with two attached hydrogens (primary N) is 1. The number of nitrogens with zero attached hydrogens (tertiary/aromatic N) is 1. The molecular formula is C14H23N3O2S2. The molecule has 0 unspecified atom stereocenters. The molecule has 7 heteroatoms. The van der Waals surface area contributed by atoms with Crippen molar-refractivity contribution in [3.8, 4) is 0 Å². The largest absolute Gasteiger partial charge is 0.389 e. The van der Waals surface area contributed by atoms with Crippen LogP contribution in [0.15, 0.2) is 23.1 Å². The van der Waals surface area contributed by atoms with Crippen molar-refractivity contribution in [1.29, 1.82) is 0 Å². The van der Waals surface area contributed by atoms with E-state index in [-0.39, 0.29) is 9.88 Å². The van der Waals surface area contributed by atoms with Crippen LogP contribution in [0.1, 0.15) is 25.0 Å². The van der Waals surface area contributed by atoms with Crippen molar-refractivity contribution >= 4 is 27.2 Å². The zero-order valence-corrected chi connectivity index (χ0v) is 14.5. The van der Waals surface area contributed by atoms with Gasteiger partial charge in [-0.2, -0.15) is 0 Å². The maximum atomic E-state index is 12.4. The summed E-state index contributed by atoms with van der Waals surface area (Å²) in [5, 5.41) is 0. The molecule has 0 fully saturated rings. The van der Waals surface area contributed by atoms with E-state index in [2.05, 4.69) is 23.5 Å². The lowest BCUT2D eigenvalue weighted by atomic mass is 10.1. The number of thiocarbonyl (C=S) groups is 1. The first-order valence-corrected chi connectivity index (χ1v) is 8.64. The second-order valence-corrected chi connectivity index (χ2v) is 7.49. The number of rotatable bonds is 7. The van der Waals surface area contributed by atoms with Crippen molar-refractivity contribution in [2.45, 2.75) is 31.7 Å². The molecule has 0 atom stereocenters. The minimum atomic E-state index is -3.56. The van der Waals surface area contributed by atoms with E-state index in [0.717, 1.165) is 0 Å². The molecule has 0 saturated carbocycles. The highest BCUT2D eigenvalue weighted by molar-refractivity contribution is 7.89. The molecule has 5 nitrogen and oxygen atoms in total. The van der Waals surface area contributed by atoms with E-state index in [1.54, 1.807) is 19.1 Å². The van der Waals surface area contributed by atoms with Gasteiger partial charge < -0.3 is 10.6 Å². The molecule has 0 aromatic heterocycles. The third-order valence-corrected chi connectivity index (χ3v) is 5.24. The average Bonchev–Trinajstić information content (AvgIpc) is 2.38. The smallest absolute Gasteiger partial charge is 0.240 e. The first kappa shape index (κ1) is 18.0. The van der Waals surface area contributed by atoms with Crippen LogP contribution in [0.3, 0.4) is 0 Å². The third kappa shape index (κ3) is 5.03.